The van der Waals surface area contributed by atoms with Gasteiger partial charge >= 0.3 is 5.97 Å². The zero-order valence-electron chi connectivity index (χ0n) is 14.4. The van der Waals surface area contributed by atoms with Crippen LogP contribution in [0.4, 0.5) is 22.7 Å². The van der Waals surface area contributed by atoms with Crippen LogP contribution in [0.15, 0.2) is 42.5 Å². The molecule has 3 rings (SSSR count). The molecule has 1 heterocycles. The molecule has 8 nitrogen and oxygen atoms in total. The number of carboxylic acids is 1. The standard InChI is InChI=1S/C18H20N4O4/c1-20-7-9-21(10-8-20)15-4-2-3-14(12-15)19-16-6-5-13(18(23)24)11-17(16)22(25)26/h2-6,11-12,19H,7-10H2,1H3,(H,23,24). The molecule has 26 heavy (non-hydrogen) atoms. The Morgan fingerprint density at radius 2 is 1.88 bits per heavy atom. The van der Waals surface area contributed by atoms with E-state index in [4.69, 9.17) is 5.11 Å². The number of aromatic carboxylic acids is 1. The number of nitro benzene ring substituents is 1. The molecule has 1 saturated heterocycles. The van der Waals surface area contributed by atoms with E-state index in [2.05, 4.69) is 22.2 Å². The molecule has 0 spiro atoms. The Morgan fingerprint density at radius 1 is 1.15 bits per heavy atom. The fourth-order valence-electron chi connectivity index (χ4n) is 2.92. The molecule has 0 aromatic heterocycles. The van der Waals surface area contributed by atoms with Crippen molar-refractivity contribution in [2.24, 2.45) is 0 Å². The lowest BCUT2D eigenvalue weighted by atomic mass is 10.1. The number of carboxylic acid groups (broad SMARTS) is 1. The predicted octanol–water partition coefficient (Wildman–Crippen LogP) is 2.79. The molecule has 0 radical (unpaired) electrons. The van der Waals surface area contributed by atoms with Crippen molar-refractivity contribution in [2.45, 2.75) is 0 Å². The number of likely N-dealkylation sites (N-methyl/N-ethyl adjacent to an activating group) is 1. The van der Waals surface area contributed by atoms with Gasteiger partial charge in [-0.2, -0.15) is 0 Å². The first-order valence-corrected chi connectivity index (χ1v) is 8.26. The van der Waals surface area contributed by atoms with Gasteiger partial charge < -0.3 is 20.2 Å². The normalized spacial score (nSPS) is 14.9. The molecule has 0 bridgehead atoms. The second kappa shape index (κ2) is 7.40. The van der Waals surface area contributed by atoms with E-state index in [9.17, 15) is 14.9 Å². The highest BCUT2D eigenvalue weighted by atomic mass is 16.6. The van der Waals surface area contributed by atoms with Gasteiger partial charge in [0.25, 0.3) is 5.69 Å². The number of piperazine rings is 1. The lowest BCUT2D eigenvalue weighted by Gasteiger charge is -2.34. The van der Waals surface area contributed by atoms with Gasteiger partial charge in [-0.1, -0.05) is 6.07 Å². The van der Waals surface area contributed by atoms with Gasteiger partial charge in [0.05, 0.1) is 10.5 Å². The average Bonchev–Trinajstić information content (AvgIpc) is 2.62. The number of nitro groups is 1. The molecule has 0 unspecified atom stereocenters. The highest BCUT2D eigenvalue weighted by Crippen LogP contribution is 2.30. The zero-order chi connectivity index (χ0) is 18.7. The van der Waals surface area contributed by atoms with Gasteiger partial charge in [-0.15, -0.1) is 0 Å². The van der Waals surface area contributed by atoms with Gasteiger partial charge in [-0.3, -0.25) is 10.1 Å². The number of rotatable bonds is 5. The number of benzene rings is 2. The summed E-state index contributed by atoms with van der Waals surface area (Å²) in [5.41, 5.74) is 1.64. The number of nitrogens with zero attached hydrogens (tertiary/aromatic N) is 3. The van der Waals surface area contributed by atoms with Gasteiger partial charge in [0.2, 0.25) is 0 Å². The summed E-state index contributed by atoms with van der Waals surface area (Å²) in [6.45, 7) is 3.82. The van der Waals surface area contributed by atoms with Gasteiger partial charge in [-0.05, 0) is 37.4 Å². The van der Waals surface area contributed by atoms with Crippen LogP contribution in [-0.2, 0) is 0 Å². The van der Waals surface area contributed by atoms with E-state index in [1.165, 1.54) is 12.1 Å². The minimum Gasteiger partial charge on any atom is -0.478 e. The molecule has 2 aromatic rings. The summed E-state index contributed by atoms with van der Waals surface area (Å²) in [5, 5.41) is 23.3. The number of hydrogen-bond donors (Lipinski definition) is 2. The Labute approximate surface area is 150 Å². The molecule has 8 heteroatoms. The largest absolute Gasteiger partial charge is 0.478 e. The predicted molar refractivity (Wildman–Crippen MR) is 99.5 cm³/mol. The van der Waals surface area contributed by atoms with Crippen LogP contribution < -0.4 is 10.2 Å². The molecular weight excluding hydrogens is 336 g/mol. The summed E-state index contributed by atoms with van der Waals surface area (Å²) in [6, 6.07) is 11.5. The molecule has 1 aliphatic rings. The molecule has 0 saturated carbocycles. The van der Waals surface area contributed by atoms with Gasteiger partial charge in [-0.25, -0.2) is 4.79 Å². The summed E-state index contributed by atoms with van der Waals surface area (Å²) in [6.07, 6.45) is 0. The van der Waals surface area contributed by atoms with E-state index < -0.39 is 10.9 Å². The van der Waals surface area contributed by atoms with Crippen LogP contribution >= 0.6 is 0 Å². The van der Waals surface area contributed by atoms with Crippen LogP contribution in [0.3, 0.4) is 0 Å². The van der Waals surface area contributed by atoms with Crippen molar-refractivity contribution in [2.75, 3.05) is 43.4 Å². The second-order valence-electron chi connectivity index (χ2n) is 6.26. The molecule has 1 aliphatic heterocycles. The third kappa shape index (κ3) is 3.92. The lowest BCUT2D eigenvalue weighted by molar-refractivity contribution is -0.383. The second-order valence-corrected chi connectivity index (χ2v) is 6.26. The molecule has 0 aliphatic carbocycles. The van der Waals surface area contributed by atoms with Gasteiger partial charge in [0.15, 0.2) is 0 Å². The Kier molecular flexibility index (Phi) is 5.04. The maximum absolute atomic E-state index is 11.3. The third-order valence-corrected chi connectivity index (χ3v) is 4.43. The summed E-state index contributed by atoms with van der Waals surface area (Å²) >= 11 is 0. The first-order valence-electron chi connectivity index (χ1n) is 8.26. The van der Waals surface area contributed by atoms with Crippen molar-refractivity contribution in [3.05, 3.63) is 58.1 Å². The fourth-order valence-corrected chi connectivity index (χ4v) is 2.92. The van der Waals surface area contributed by atoms with Crippen LogP contribution in [0, 0.1) is 10.1 Å². The highest BCUT2D eigenvalue weighted by molar-refractivity contribution is 5.90. The maximum Gasteiger partial charge on any atom is 0.335 e. The number of hydrogen-bond acceptors (Lipinski definition) is 6. The summed E-state index contributed by atoms with van der Waals surface area (Å²) in [7, 11) is 2.09. The maximum atomic E-state index is 11.3. The highest BCUT2D eigenvalue weighted by Gasteiger charge is 2.18. The number of carbonyl (C=O) groups is 1. The summed E-state index contributed by atoms with van der Waals surface area (Å²) in [5.74, 6) is -1.20. The molecule has 2 aromatic carbocycles. The summed E-state index contributed by atoms with van der Waals surface area (Å²) < 4.78 is 0. The van der Waals surface area contributed by atoms with Crippen LogP contribution in [0.5, 0.6) is 0 Å². The SMILES string of the molecule is CN1CCN(c2cccc(Nc3ccc(C(=O)O)cc3[N+](=O)[O-])c2)CC1. The van der Waals surface area contributed by atoms with Crippen LogP contribution in [0.2, 0.25) is 0 Å². The van der Waals surface area contributed by atoms with Crippen molar-refractivity contribution in [1.82, 2.24) is 4.90 Å². The van der Waals surface area contributed by atoms with E-state index in [-0.39, 0.29) is 16.9 Å². The van der Waals surface area contributed by atoms with Gasteiger partial charge in [0, 0.05) is 43.6 Å². The van der Waals surface area contributed by atoms with Crippen molar-refractivity contribution >= 4 is 28.7 Å². The molecule has 0 atom stereocenters. The Morgan fingerprint density at radius 3 is 2.54 bits per heavy atom. The van der Waals surface area contributed by atoms with E-state index >= 15 is 0 Å². The zero-order valence-corrected chi connectivity index (χ0v) is 14.4. The van der Waals surface area contributed by atoms with Crippen LogP contribution in [-0.4, -0.2) is 54.1 Å². The number of anilines is 3. The molecular formula is C18H20N4O4. The molecule has 2 N–H and O–H groups in total. The molecule has 0 amide bonds. The minimum absolute atomic E-state index is 0.117. The van der Waals surface area contributed by atoms with E-state index in [0.717, 1.165) is 37.9 Å². The Bertz CT molecular complexity index is 832. The quantitative estimate of drug-likeness (QED) is 0.628. The fraction of sp³-hybridized carbons (Fsp3) is 0.278. The molecule has 136 valence electrons. The Hall–Kier alpha value is -3.13. The van der Waals surface area contributed by atoms with E-state index in [1.54, 1.807) is 0 Å². The summed E-state index contributed by atoms with van der Waals surface area (Å²) in [4.78, 5) is 26.3. The van der Waals surface area contributed by atoms with Crippen molar-refractivity contribution in [3.8, 4) is 0 Å². The van der Waals surface area contributed by atoms with Crippen molar-refractivity contribution < 1.29 is 14.8 Å². The lowest BCUT2D eigenvalue weighted by Crippen LogP contribution is -2.44. The minimum atomic E-state index is -1.20. The first-order chi connectivity index (χ1) is 12.4. The Balaban J connectivity index is 1.84. The number of nitrogens with one attached hydrogen (secondary N) is 1. The topological polar surface area (TPSA) is 99.0 Å². The van der Waals surface area contributed by atoms with E-state index in [0.29, 0.717) is 5.69 Å². The first kappa shape index (κ1) is 17.7. The van der Waals surface area contributed by atoms with Crippen molar-refractivity contribution in [1.29, 1.82) is 0 Å². The van der Waals surface area contributed by atoms with Crippen molar-refractivity contribution in [3.63, 3.8) is 0 Å². The smallest absolute Gasteiger partial charge is 0.335 e. The van der Waals surface area contributed by atoms with Gasteiger partial charge in [0.1, 0.15) is 5.69 Å². The monoisotopic (exact) mass is 356 g/mol. The van der Waals surface area contributed by atoms with E-state index in [1.807, 2.05) is 24.3 Å². The van der Waals surface area contributed by atoms with Crippen LogP contribution in [0.1, 0.15) is 10.4 Å². The average molecular weight is 356 g/mol. The van der Waals surface area contributed by atoms with Crippen LogP contribution in [0.25, 0.3) is 0 Å². The third-order valence-electron chi connectivity index (χ3n) is 4.43. The molecule has 1 fully saturated rings.